The summed E-state index contributed by atoms with van der Waals surface area (Å²) in [6.45, 7) is 8.58. The average Bonchev–Trinajstić information content (AvgIpc) is 2.62. The van der Waals surface area contributed by atoms with Crippen LogP contribution in [0.15, 0.2) is 24.5 Å². The minimum absolute atomic E-state index is 0.0724. The summed E-state index contributed by atoms with van der Waals surface area (Å²) in [5.74, 6) is 0. The lowest BCUT2D eigenvalue weighted by atomic mass is 9.90. The lowest BCUT2D eigenvalue weighted by Crippen LogP contribution is -2.14. The number of aryl methyl sites for hydroxylation is 2. The van der Waals surface area contributed by atoms with E-state index in [4.69, 9.17) is 0 Å². The molecule has 2 aromatic rings. The first-order valence-electron chi connectivity index (χ1n) is 5.84. The van der Waals surface area contributed by atoms with Crippen molar-refractivity contribution in [1.29, 1.82) is 0 Å². The first-order valence-corrected chi connectivity index (χ1v) is 5.84. The van der Waals surface area contributed by atoms with Gasteiger partial charge < -0.3 is 0 Å². The van der Waals surface area contributed by atoms with Crippen LogP contribution in [-0.4, -0.2) is 14.8 Å². The van der Waals surface area contributed by atoms with Crippen LogP contribution in [0.5, 0.6) is 0 Å². The van der Waals surface area contributed by atoms with E-state index in [0.29, 0.717) is 0 Å². The average molecular weight is 229 g/mol. The highest BCUT2D eigenvalue weighted by Crippen LogP contribution is 2.26. The SMILES string of the molecule is Cc1cc(-c2cnn(C)c2)cc(C(C)(C)C)n1. The Kier molecular flexibility index (Phi) is 2.77. The fourth-order valence-electron chi connectivity index (χ4n) is 1.79. The molecule has 3 nitrogen and oxygen atoms in total. The summed E-state index contributed by atoms with van der Waals surface area (Å²) in [5.41, 5.74) is 4.58. The van der Waals surface area contributed by atoms with Crippen molar-refractivity contribution >= 4 is 0 Å². The predicted molar refractivity (Wildman–Crippen MR) is 69.9 cm³/mol. The molecule has 0 saturated carbocycles. The van der Waals surface area contributed by atoms with Crippen molar-refractivity contribution in [2.75, 3.05) is 0 Å². The van der Waals surface area contributed by atoms with Crippen LogP contribution in [0.3, 0.4) is 0 Å². The largest absolute Gasteiger partial charge is 0.275 e. The van der Waals surface area contributed by atoms with Gasteiger partial charge in [0.1, 0.15) is 0 Å². The quantitative estimate of drug-likeness (QED) is 0.752. The van der Waals surface area contributed by atoms with E-state index in [1.807, 2.05) is 31.0 Å². The van der Waals surface area contributed by atoms with Crippen molar-refractivity contribution in [3.05, 3.63) is 35.9 Å². The van der Waals surface area contributed by atoms with E-state index in [1.54, 1.807) is 0 Å². The van der Waals surface area contributed by atoms with Crippen molar-refractivity contribution in [1.82, 2.24) is 14.8 Å². The Morgan fingerprint density at radius 1 is 1.12 bits per heavy atom. The second kappa shape index (κ2) is 3.99. The summed E-state index contributed by atoms with van der Waals surface area (Å²) < 4.78 is 1.82. The smallest absolute Gasteiger partial charge is 0.0568 e. The van der Waals surface area contributed by atoms with Gasteiger partial charge in [0.2, 0.25) is 0 Å². The van der Waals surface area contributed by atoms with Crippen molar-refractivity contribution in [2.45, 2.75) is 33.1 Å². The molecule has 0 amide bonds. The summed E-state index contributed by atoms with van der Waals surface area (Å²) in [7, 11) is 1.93. The molecule has 2 rings (SSSR count). The van der Waals surface area contributed by atoms with Crippen LogP contribution in [0.1, 0.15) is 32.2 Å². The van der Waals surface area contributed by atoms with Gasteiger partial charge in [-0.1, -0.05) is 20.8 Å². The van der Waals surface area contributed by atoms with E-state index >= 15 is 0 Å². The summed E-state index contributed by atoms with van der Waals surface area (Å²) >= 11 is 0. The Morgan fingerprint density at radius 3 is 2.35 bits per heavy atom. The minimum Gasteiger partial charge on any atom is -0.275 e. The third kappa shape index (κ3) is 2.54. The van der Waals surface area contributed by atoms with Crippen molar-refractivity contribution in [3.63, 3.8) is 0 Å². The van der Waals surface area contributed by atoms with Gasteiger partial charge in [-0.3, -0.25) is 9.67 Å². The summed E-state index contributed by atoms with van der Waals surface area (Å²) in [6, 6.07) is 4.26. The third-order valence-electron chi connectivity index (χ3n) is 2.76. The lowest BCUT2D eigenvalue weighted by Gasteiger charge is -2.19. The Morgan fingerprint density at radius 2 is 1.82 bits per heavy atom. The van der Waals surface area contributed by atoms with Gasteiger partial charge in [-0.2, -0.15) is 5.10 Å². The maximum atomic E-state index is 4.61. The van der Waals surface area contributed by atoms with Crippen molar-refractivity contribution in [3.8, 4) is 11.1 Å². The number of rotatable bonds is 1. The zero-order valence-corrected chi connectivity index (χ0v) is 11.2. The molecule has 0 N–H and O–H groups in total. The Hall–Kier alpha value is -1.64. The molecule has 0 aromatic carbocycles. The standard InChI is InChI=1S/C14H19N3/c1-10-6-11(12-8-15-17(5)9-12)7-13(16-10)14(2,3)4/h6-9H,1-5H3. The van der Waals surface area contributed by atoms with Gasteiger partial charge in [-0.25, -0.2) is 0 Å². The molecule has 0 fully saturated rings. The van der Waals surface area contributed by atoms with E-state index in [-0.39, 0.29) is 5.41 Å². The van der Waals surface area contributed by atoms with E-state index in [2.05, 4.69) is 43.0 Å². The molecule has 17 heavy (non-hydrogen) atoms. The number of hydrogen-bond acceptors (Lipinski definition) is 2. The molecule has 3 heteroatoms. The topological polar surface area (TPSA) is 30.7 Å². The molecule has 0 spiro atoms. The van der Waals surface area contributed by atoms with E-state index < -0.39 is 0 Å². The molecule has 0 radical (unpaired) electrons. The zero-order chi connectivity index (χ0) is 12.6. The second-order valence-electron chi connectivity index (χ2n) is 5.54. The van der Waals surface area contributed by atoms with Crippen LogP contribution in [0.2, 0.25) is 0 Å². The number of hydrogen-bond donors (Lipinski definition) is 0. The highest BCUT2D eigenvalue weighted by Gasteiger charge is 2.17. The normalized spacial score (nSPS) is 11.8. The molecule has 0 aliphatic rings. The Bertz CT molecular complexity index is 533. The molecule has 90 valence electrons. The van der Waals surface area contributed by atoms with Gasteiger partial charge in [0.25, 0.3) is 0 Å². The maximum Gasteiger partial charge on any atom is 0.0568 e. The van der Waals surface area contributed by atoms with Gasteiger partial charge in [0.15, 0.2) is 0 Å². The predicted octanol–water partition coefficient (Wildman–Crippen LogP) is 3.09. The van der Waals surface area contributed by atoms with Crippen LogP contribution in [0, 0.1) is 6.92 Å². The molecule has 2 aromatic heterocycles. The zero-order valence-electron chi connectivity index (χ0n) is 11.2. The van der Waals surface area contributed by atoms with Gasteiger partial charge in [0.05, 0.1) is 6.20 Å². The van der Waals surface area contributed by atoms with E-state index in [1.165, 1.54) is 5.56 Å². The molecule has 0 bridgehead atoms. The monoisotopic (exact) mass is 229 g/mol. The van der Waals surface area contributed by atoms with Gasteiger partial charge >= 0.3 is 0 Å². The Balaban J connectivity index is 2.52. The summed E-state index contributed by atoms with van der Waals surface area (Å²) in [4.78, 5) is 4.61. The molecule has 0 atom stereocenters. The van der Waals surface area contributed by atoms with Gasteiger partial charge in [0, 0.05) is 35.6 Å². The van der Waals surface area contributed by atoms with Gasteiger partial charge in [-0.05, 0) is 24.6 Å². The van der Waals surface area contributed by atoms with Crippen LogP contribution in [0.4, 0.5) is 0 Å². The first-order chi connectivity index (χ1) is 7.86. The molecule has 2 heterocycles. The van der Waals surface area contributed by atoms with Gasteiger partial charge in [-0.15, -0.1) is 0 Å². The third-order valence-corrected chi connectivity index (χ3v) is 2.76. The fourth-order valence-corrected chi connectivity index (χ4v) is 1.79. The minimum atomic E-state index is 0.0724. The molecule has 0 unspecified atom stereocenters. The van der Waals surface area contributed by atoms with Crippen molar-refractivity contribution < 1.29 is 0 Å². The highest BCUT2D eigenvalue weighted by atomic mass is 15.2. The molecule has 0 saturated heterocycles. The van der Waals surface area contributed by atoms with Crippen LogP contribution < -0.4 is 0 Å². The number of nitrogens with zero attached hydrogens (tertiary/aromatic N) is 3. The summed E-state index contributed by atoms with van der Waals surface area (Å²) in [6.07, 6.45) is 3.92. The first kappa shape index (κ1) is 11.8. The van der Waals surface area contributed by atoms with Crippen LogP contribution in [-0.2, 0) is 12.5 Å². The maximum absolute atomic E-state index is 4.61. The van der Waals surface area contributed by atoms with E-state index in [0.717, 1.165) is 17.0 Å². The highest BCUT2D eigenvalue weighted by molar-refractivity contribution is 5.62. The Labute approximate surface area is 103 Å². The summed E-state index contributed by atoms with van der Waals surface area (Å²) in [5, 5.41) is 4.21. The van der Waals surface area contributed by atoms with Crippen LogP contribution >= 0.6 is 0 Å². The molecular weight excluding hydrogens is 210 g/mol. The van der Waals surface area contributed by atoms with Crippen LogP contribution in [0.25, 0.3) is 11.1 Å². The fraction of sp³-hybridized carbons (Fsp3) is 0.429. The van der Waals surface area contributed by atoms with E-state index in [9.17, 15) is 0 Å². The molecule has 0 aliphatic carbocycles. The number of aromatic nitrogens is 3. The number of pyridine rings is 1. The second-order valence-corrected chi connectivity index (χ2v) is 5.54. The van der Waals surface area contributed by atoms with Crippen molar-refractivity contribution in [2.24, 2.45) is 7.05 Å². The lowest BCUT2D eigenvalue weighted by molar-refractivity contribution is 0.567. The molecular formula is C14H19N3. The molecule has 0 aliphatic heterocycles.